The van der Waals surface area contributed by atoms with Crippen LogP contribution in [0.2, 0.25) is 0 Å². The third kappa shape index (κ3) is 3.78. The Labute approximate surface area is 161 Å². The highest BCUT2D eigenvalue weighted by molar-refractivity contribution is 6.03. The molecule has 0 aliphatic carbocycles. The van der Waals surface area contributed by atoms with Gasteiger partial charge in [0.1, 0.15) is 5.75 Å². The summed E-state index contributed by atoms with van der Waals surface area (Å²) in [5, 5.41) is 10.9. The van der Waals surface area contributed by atoms with E-state index in [0.29, 0.717) is 23.7 Å². The number of nitrogens with one attached hydrogen (secondary N) is 1. The fourth-order valence-corrected chi connectivity index (χ4v) is 2.84. The van der Waals surface area contributed by atoms with Crippen LogP contribution in [-0.4, -0.2) is 28.0 Å². The fraction of sp³-hybridized carbons (Fsp3) is 0.0952. The predicted molar refractivity (Wildman–Crippen MR) is 104 cm³/mol. The number of hydrogen-bond acceptors (Lipinski definition) is 5. The molecule has 28 heavy (non-hydrogen) atoms. The molecule has 0 fully saturated rings. The van der Waals surface area contributed by atoms with Crippen LogP contribution in [0.25, 0.3) is 11.3 Å². The van der Waals surface area contributed by atoms with E-state index in [9.17, 15) is 4.79 Å². The highest BCUT2D eigenvalue weighted by Crippen LogP contribution is 2.30. The first-order chi connectivity index (χ1) is 13.7. The van der Waals surface area contributed by atoms with Gasteiger partial charge in [-0.3, -0.25) is 9.48 Å². The van der Waals surface area contributed by atoms with Crippen LogP contribution < -0.4 is 10.1 Å². The summed E-state index contributed by atoms with van der Waals surface area (Å²) in [6.07, 6.45) is 3.37. The maximum absolute atomic E-state index is 12.5. The molecule has 4 rings (SSSR count). The first kappa shape index (κ1) is 17.5. The van der Waals surface area contributed by atoms with Gasteiger partial charge in [-0.1, -0.05) is 47.6 Å². The molecular weight excluding hydrogens is 356 g/mol. The van der Waals surface area contributed by atoms with Gasteiger partial charge in [0.15, 0.2) is 11.5 Å². The Morgan fingerprint density at radius 2 is 1.93 bits per heavy atom. The van der Waals surface area contributed by atoms with Gasteiger partial charge in [0.05, 0.1) is 31.1 Å². The molecule has 0 radical (unpaired) electrons. The van der Waals surface area contributed by atoms with Crippen molar-refractivity contribution in [2.24, 2.45) is 0 Å². The van der Waals surface area contributed by atoms with Crippen molar-refractivity contribution in [2.45, 2.75) is 6.54 Å². The maximum atomic E-state index is 12.5. The van der Waals surface area contributed by atoms with Crippen LogP contribution >= 0.6 is 0 Å². The van der Waals surface area contributed by atoms with Crippen LogP contribution in [0.5, 0.6) is 5.75 Å². The largest absolute Gasteiger partial charge is 0.496 e. The minimum atomic E-state index is -0.371. The van der Waals surface area contributed by atoms with Crippen molar-refractivity contribution in [3.05, 3.63) is 84.3 Å². The zero-order valence-electron chi connectivity index (χ0n) is 15.2. The lowest BCUT2D eigenvalue weighted by Crippen LogP contribution is -2.11. The van der Waals surface area contributed by atoms with Crippen molar-refractivity contribution in [1.82, 2.24) is 14.9 Å². The Kier molecular flexibility index (Phi) is 4.88. The quantitative estimate of drug-likeness (QED) is 0.554. The van der Waals surface area contributed by atoms with Gasteiger partial charge in [-0.05, 0) is 17.7 Å². The van der Waals surface area contributed by atoms with Crippen molar-refractivity contribution < 1.29 is 14.1 Å². The van der Waals surface area contributed by atoms with Gasteiger partial charge in [-0.2, -0.15) is 5.10 Å². The number of anilines is 1. The molecule has 0 bridgehead atoms. The van der Waals surface area contributed by atoms with Gasteiger partial charge in [0, 0.05) is 12.3 Å². The van der Waals surface area contributed by atoms with Crippen LogP contribution in [0.4, 0.5) is 5.69 Å². The minimum absolute atomic E-state index is 0.178. The summed E-state index contributed by atoms with van der Waals surface area (Å²) in [7, 11) is 1.58. The first-order valence-corrected chi connectivity index (χ1v) is 8.71. The Morgan fingerprint density at radius 1 is 1.14 bits per heavy atom. The van der Waals surface area contributed by atoms with Crippen LogP contribution in [0, 0.1) is 0 Å². The third-order valence-corrected chi connectivity index (χ3v) is 4.19. The fourth-order valence-electron chi connectivity index (χ4n) is 2.84. The zero-order chi connectivity index (χ0) is 19.3. The Morgan fingerprint density at radius 3 is 2.75 bits per heavy atom. The number of rotatable bonds is 6. The standard InChI is InChI=1S/C21H18N4O3/c1-27-19-10-6-5-9-17(19)20-11-18(24-28-20)21(26)23-16-12-22-25(14-16)13-15-7-3-2-4-8-15/h2-12,14H,13H2,1H3,(H,23,26). The Bertz CT molecular complexity index is 1090. The van der Waals surface area contributed by atoms with Gasteiger partial charge >= 0.3 is 0 Å². The SMILES string of the molecule is COc1ccccc1-c1cc(C(=O)Nc2cnn(Cc3ccccc3)c2)no1. The third-order valence-electron chi connectivity index (χ3n) is 4.19. The molecule has 0 saturated heterocycles. The summed E-state index contributed by atoms with van der Waals surface area (Å²) >= 11 is 0. The van der Waals surface area contributed by atoms with E-state index in [2.05, 4.69) is 15.6 Å². The number of ether oxygens (including phenoxy) is 1. The van der Waals surface area contributed by atoms with E-state index in [0.717, 1.165) is 11.1 Å². The van der Waals surface area contributed by atoms with Crippen molar-refractivity contribution in [1.29, 1.82) is 0 Å². The normalized spacial score (nSPS) is 10.6. The van der Waals surface area contributed by atoms with Gasteiger partial charge in [-0.25, -0.2) is 0 Å². The van der Waals surface area contributed by atoms with E-state index in [1.165, 1.54) is 0 Å². The van der Waals surface area contributed by atoms with E-state index >= 15 is 0 Å². The van der Waals surface area contributed by atoms with Gasteiger partial charge in [0.2, 0.25) is 0 Å². The average molecular weight is 374 g/mol. The number of methoxy groups -OCH3 is 1. The summed E-state index contributed by atoms with van der Waals surface area (Å²) in [5.41, 5.74) is 2.62. The predicted octanol–water partition coefficient (Wildman–Crippen LogP) is 3.85. The Balaban J connectivity index is 1.45. The highest BCUT2D eigenvalue weighted by atomic mass is 16.5. The van der Waals surface area contributed by atoms with Crippen LogP contribution in [0.3, 0.4) is 0 Å². The molecule has 1 amide bonds. The van der Waals surface area contributed by atoms with Crippen LogP contribution in [0.15, 0.2) is 77.6 Å². The number of nitrogens with zero attached hydrogens (tertiary/aromatic N) is 3. The summed E-state index contributed by atoms with van der Waals surface area (Å²) in [6, 6.07) is 18.9. The van der Waals surface area contributed by atoms with Crippen LogP contribution in [0.1, 0.15) is 16.1 Å². The van der Waals surface area contributed by atoms with Crippen molar-refractivity contribution >= 4 is 11.6 Å². The molecular formula is C21H18N4O3. The number of benzene rings is 2. The van der Waals surface area contributed by atoms with E-state index in [1.54, 1.807) is 30.3 Å². The smallest absolute Gasteiger partial charge is 0.277 e. The van der Waals surface area contributed by atoms with Crippen molar-refractivity contribution in [3.8, 4) is 17.1 Å². The summed E-state index contributed by atoms with van der Waals surface area (Å²) in [6.45, 7) is 0.624. The number of aromatic nitrogens is 3. The Hall–Kier alpha value is -3.87. The second-order valence-corrected chi connectivity index (χ2v) is 6.14. The molecule has 0 spiro atoms. The van der Waals surface area contributed by atoms with E-state index in [4.69, 9.17) is 9.26 Å². The second-order valence-electron chi connectivity index (χ2n) is 6.14. The molecule has 2 aromatic carbocycles. The zero-order valence-corrected chi connectivity index (χ0v) is 15.2. The van der Waals surface area contributed by atoms with Crippen molar-refractivity contribution in [2.75, 3.05) is 12.4 Å². The average Bonchev–Trinajstić information content (AvgIpc) is 3.38. The number of hydrogen-bond donors (Lipinski definition) is 1. The van der Waals surface area contributed by atoms with Gasteiger partial charge in [-0.15, -0.1) is 0 Å². The van der Waals surface area contributed by atoms with Gasteiger partial charge in [0.25, 0.3) is 5.91 Å². The minimum Gasteiger partial charge on any atom is -0.496 e. The molecule has 0 unspecified atom stereocenters. The number of para-hydroxylation sites is 1. The second kappa shape index (κ2) is 7.79. The lowest BCUT2D eigenvalue weighted by Gasteiger charge is -2.03. The summed E-state index contributed by atoms with van der Waals surface area (Å²) in [4.78, 5) is 12.5. The van der Waals surface area contributed by atoms with E-state index in [1.807, 2.05) is 54.6 Å². The monoisotopic (exact) mass is 374 g/mol. The molecule has 7 heteroatoms. The molecule has 0 atom stereocenters. The van der Waals surface area contributed by atoms with Crippen LogP contribution in [-0.2, 0) is 6.54 Å². The molecule has 140 valence electrons. The molecule has 2 heterocycles. The van der Waals surface area contributed by atoms with E-state index < -0.39 is 0 Å². The van der Waals surface area contributed by atoms with Crippen molar-refractivity contribution in [3.63, 3.8) is 0 Å². The van der Waals surface area contributed by atoms with E-state index in [-0.39, 0.29) is 11.6 Å². The molecule has 0 saturated carbocycles. The van der Waals surface area contributed by atoms with Gasteiger partial charge < -0.3 is 14.6 Å². The first-order valence-electron chi connectivity index (χ1n) is 8.71. The summed E-state index contributed by atoms with van der Waals surface area (Å²) in [5.74, 6) is 0.735. The molecule has 7 nitrogen and oxygen atoms in total. The maximum Gasteiger partial charge on any atom is 0.277 e. The molecule has 0 aliphatic heterocycles. The summed E-state index contributed by atoms with van der Waals surface area (Å²) < 4.78 is 12.4. The number of carbonyl (C=O) groups excluding carboxylic acids is 1. The number of amides is 1. The lowest BCUT2D eigenvalue weighted by molar-refractivity contribution is 0.101. The molecule has 4 aromatic rings. The molecule has 1 N–H and O–H groups in total. The molecule has 0 aliphatic rings. The number of carbonyl (C=O) groups is 1. The topological polar surface area (TPSA) is 82.2 Å². The highest BCUT2D eigenvalue weighted by Gasteiger charge is 2.16. The lowest BCUT2D eigenvalue weighted by atomic mass is 10.1. The molecule has 2 aromatic heterocycles.